The van der Waals surface area contributed by atoms with Gasteiger partial charge >= 0.3 is 6.09 Å². The van der Waals surface area contributed by atoms with Crippen molar-refractivity contribution < 1.29 is 31.5 Å². The molecule has 3 rings (SSSR count). The van der Waals surface area contributed by atoms with Gasteiger partial charge in [-0.25, -0.2) is 26.4 Å². The van der Waals surface area contributed by atoms with Gasteiger partial charge in [0.2, 0.25) is 10.0 Å². The molecule has 1 unspecified atom stereocenters. The average molecular weight is 466 g/mol. The first kappa shape index (κ1) is 22.3. The Hall–Kier alpha value is -3.34. The van der Waals surface area contributed by atoms with Crippen molar-refractivity contribution in [1.29, 1.82) is 5.26 Å². The molecule has 0 spiro atoms. The van der Waals surface area contributed by atoms with Gasteiger partial charge in [-0.3, -0.25) is 9.62 Å². The highest BCUT2D eigenvalue weighted by atomic mass is 32.2. The first-order valence-electron chi connectivity index (χ1n) is 8.78. The second-order valence-electron chi connectivity index (χ2n) is 6.65. The third-order valence-electron chi connectivity index (χ3n) is 4.27. The fourth-order valence-corrected chi connectivity index (χ4v) is 4.98. The summed E-state index contributed by atoms with van der Waals surface area (Å²) < 4.78 is 58.7. The zero-order valence-electron chi connectivity index (χ0n) is 16.1. The van der Waals surface area contributed by atoms with E-state index in [1.807, 2.05) is 6.07 Å². The number of anilines is 2. The minimum atomic E-state index is -4.19. The van der Waals surface area contributed by atoms with Gasteiger partial charge in [0, 0.05) is 12.2 Å². The first-order valence-corrected chi connectivity index (χ1v) is 12.1. The molecule has 0 saturated carbocycles. The number of rotatable bonds is 6. The Morgan fingerprint density at radius 2 is 2.00 bits per heavy atom. The summed E-state index contributed by atoms with van der Waals surface area (Å²) in [7, 11) is -7.73. The first-order chi connectivity index (χ1) is 14.5. The molecular formula is C18H18N4O7S2. The number of sulfonamides is 2. The number of nitriles is 1. The van der Waals surface area contributed by atoms with E-state index in [9.17, 15) is 21.6 Å². The van der Waals surface area contributed by atoms with E-state index < -0.39 is 32.2 Å². The summed E-state index contributed by atoms with van der Waals surface area (Å²) in [5, 5.41) is 20.2. The maximum Gasteiger partial charge on any atom is 0.409 e. The van der Waals surface area contributed by atoms with Gasteiger partial charge in [0.15, 0.2) is 0 Å². The van der Waals surface area contributed by atoms with Crippen LogP contribution in [0.25, 0.3) is 0 Å². The average Bonchev–Trinajstić information content (AvgIpc) is 2.70. The lowest BCUT2D eigenvalue weighted by molar-refractivity contribution is 0.203. The molecule has 31 heavy (non-hydrogen) atoms. The van der Waals surface area contributed by atoms with Gasteiger partial charge in [-0.05, 0) is 36.4 Å². The zero-order chi connectivity index (χ0) is 22.8. The fourth-order valence-electron chi connectivity index (χ4n) is 2.94. The predicted octanol–water partition coefficient (Wildman–Crippen LogP) is 1.15. The molecule has 0 saturated heterocycles. The number of fused-ring (bicyclic) bond motifs is 1. The summed E-state index contributed by atoms with van der Waals surface area (Å²) in [5.74, 6) is 0.127. The van der Waals surface area contributed by atoms with Crippen molar-refractivity contribution in [3.05, 3.63) is 48.0 Å². The number of hydrogen-bond donors (Lipinski definition) is 3. The van der Waals surface area contributed by atoms with Crippen LogP contribution in [0, 0.1) is 11.3 Å². The molecular weight excluding hydrogens is 448 g/mol. The number of carboxylic acid groups (broad SMARTS) is 1. The van der Waals surface area contributed by atoms with Crippen LogP contribution in [-0.2, 0) is 20.0 Å². The van der Waals surface area contributed by atoms with E-state index in [1.54, 1.807) is 0 Å². The van der Waals surface area contributed by atoms with Crippen LogP contribution in [0.3, 0.4) is 0 Å². The maximum absolute atomic E-state index is 13.4. The quantitative estimate of drug-likeness (QED) is 0.570. The monoisotopic (exact) mass is 466 g/mol. The van der Waals surface area contributed by atoms with Crippen LogP contribution in [0.1, 0.15) is 5.56 Å². The second-order valence-corrected chi connectivity index (χ2v) is 10.3. The van der Waals surface area contributed by atoms with Crippen molar-refractivity contribution >= 4 is 37.5 Å². The summed E-state index contributed by atoms with van der Waals surface area (Å²) in [6.07, 6.45) is -1.22. The lowest BCUT2D eigenvalue weighted by Crippen LogP contribution is -2.48. The van der Waals surface area contributed by atoms with Crippen LogP contribution < -0.4 is 19.1 Å². The Bertz CT molecular complexity index is 1270. The Kier molecular flexibility index (Phi) is 6.07. The number of carbonyl (C=O) groups is 1. The van der Waals surface area contributed by atoms with Crippen LogP contribution in [0.5, 0.6) is 5.75 Å². The smallest absolute Gasteiger partial charge is 0.409 e. The maximum atomic E-state index is 13.4. The van der Waals surface area contributed by atoms with Gasteiger partial charge in [0.05, 0.1) is 35.0 Å². The van der Waals surface area contributed by atoms with Crippen molar-refractivity contribution in [2.24, 2.45) is 0 Å². The molecule has 3 N–H and O–H groups in total. The molecule has 1 aliphatic heterocycles. The molecule has 164 valence electrons. The van der Waals surface area contributed by atoms with Crippen LogP contribution in [0.4, 0.5) is 16.2 Å². The molecule has 2 aromatic carbocycles. The standard InChI is InChI=1S/C18H18N4O7S2/c1-30(25,26)20-10-14-11-22(31(27,28)15-4-2-3-12(7-15)9-19)16-8-13(21-18(23)24)5-6-17(16)29-14/h2-8,14,20-21H,10-11H2,1H3,(H,23,24). The number of benzene rings is 2. The molecule has 0 fully saturated rings. The van der Waals surface area contributed by atoms with Gasteiger partial charge in [0.1, 0.15) is 11.9 Å². The largest absolute Gasteiger partial charge is 0.485 e. The number of nitrogens with zero attached hydrogens (tertiary/aromatic N) is 2. The SMILES string of the molecule is CS(=O)(=O)NCC1CN(S(=O)(=O)c2cccc(C#N)c2)c2cc(NC(=O)O)ccc2O1. The minimum Gasteiger partial charge on any atom is -0.485 e. The van der Waals surface area contributed by atoms with Gasteiger partial charge in [-0.1, -0.05) is 6.07 Å². The van der Waals surface area contributed by atoms with E-state index in [-0.39, 0.29) is 40.7 Å². The molecule has 13 heteroatoms. The molecule has 1 atom stereocenters. The highest BCUT2D eigenvalue weighted by Gasteiger charge is 2.35. The number of amides is 1. The fraction of sp³-hybridized carbons (Fsp3) is 0.222. The highest BCUT2D eigenvalue weighted by molar-refractivity contribution is 7.92. The number of nitrogens with one attached hydrogen (secondary N) is 2. The lowest BCUT2D eigenvalue weighted by Gasteiger charge is -2.35. The van der Waals surface area contributed by atoms with E-state index in [4.69, 9.17) is 15.1 Å². The van der Waals surface area contributed by atoms with Crippen molar-refractivity contribution in [3.63, 3.8) is 0 Å². The van der Waals surface area contributed by atoms with Crippen molar-refractivity contribution in [2.75, 3.05) is 29.0 Å². The third kappa shape index (κ3) is 5.23. The Labute approximate surface area is 179 Å². The second kappa shape index (κ2) is 8.42. The highest BCUT2D eigenvalue weighted by Crippen LogP contribution is 2.39. The van der Waals surface area contributed by atoms with Gasteiger partial charge in [0.25, 0.3) is 10.0 Å². The summed E-state index contributed by atoms with van der Waals surface area (Å²) in [6.45, 7) is -0.428. The number of hydrogen-bond acceptors (Lipinski definition) is 7. The zero-order valence-corrected chi connectivity index (χ0v) is 17.8. The van der Waals surface area contributed by atoms with E-state index in [1.165, 1.54) is 42.5 Å². The van der Waals surface area contributed by atoms with E-state index in [0.717, 1.165) is 10.6 Å². The molecule has 1 amide bonds. The van der Waals surface area contributed by atoms with Crippen LogP contribution >= 0.6 is 0 Å². The Balaban J connectivity index is 2.07. The summed E-state index contributed by atoms with van der Waals surface area (Å²) in [4.78, 5) is 10.8. The minimum absolute atomic E-state index is 0.0733. The topological polar surface area (TPSA) is 166 Å². The van der Waals surface area contributed by atoms with Crippen LogP contribution in [0.15, 0.2) is 47.4 Å². The van der Waals surface area contributed by atoms with Gasteiger partial charge < -0.3 is 9.84 Å². The molecule has 1 heterocycles. The van der Waals surface area contributed by atoms with E-state index in [0.29, 0.717) is 0 Å². The lowest BCUT2D eigenvalue weighted by atomic mass is 10.2. The van der Waals surface area contributed by atoms with Crippen molar-refractivity contribution in [3.8, 4) is 11.8 Å². The van der Waals surface area contributed by atoms with Crippen LogP contribution in [0.2, 0.25) is 0 Å². The van der Waals surface area contributed by atoms with Gasteiger partial charge in [-0.15, -0.1) is 0 Å². The van der Waals surface area contributed by atoms with E-state index in [2.05, 4.69) is 10.0 Å². The van der Waals surface area contributed by atoms with Crippen molar-refractivity contribution in [2.45, 2.75) is 11.0 Å². The Morgan fingerprint density at radius 1 is 1.26 bits per heavy atom. The van der Waals surface area contributed by atoms with Crippen LogP contribution in [-0.4, -0.2) is 53.5 Å². The van der Waals surface area contributed by atoms with E-state index >= 15 is 0 Å². The molecule has 0 aromatic heterocycles. The molecule has 2 aromatic rings. The summed E-state index contributed by atoms with van der Waals surface area (Å²) >= 11 is 0. The normalized spacial score (nSPS) is 16.0. The molecule has 11 nitrogen and oxygen atoms in total. The van der Waals surface area contributed by atoms with Gasteiger partial charge in [-0.2, -0.15) is 5.26 Å². The van der Waals surface area contributed by atoms with Crippen molar-refractivity contribution in [1.82, 2.24) is 4.72 Å². The third-order valence-corrected chi connectivity index (χ3v) is 6.73. The Morgan fingerprint density at radius 3 is 2.65 bits per heavy atom. The molecule has 0 aliphatic carbocycles. The predicted molar refractivity (Wildman–Crippen MR) is 111 cm³/mol. The number of ether oxygens (including phenoxy) is 1. The molecule has 0 bridgehead atoms. The summed E-state index contributed by atoms with van der Waals surface area (Å²) in [5.41, 5.74) is 0.337. The summed E-state index contributed by atoms with van der Waals surface area (Å²) in [6, 6.07) is 11.4. The molecule has 0 radical (unpaired) electrons. The molecule has 1 aliphatic rings.